The number of rotatable bonds is 19. The molecule has 2 saturated heterocycles. The molecule has 0 radical (unpaired) electrons. The third-order valence-electron chi connectivity index (χ3n) is 11.9. The van der Waals surface area contributed by atoms with E-state index in [1.807, 2.05) is 68.3 Å². The minimum atomic E-state index is -0.737. The van der Waals surface area contributed by atoms with Gasteiger partial charge in [0.25, 0.3) is 0 Å². The van der Waals surface area contributed by atoms with Crippen LogP contribution in [0.2, 0.25) is 0 Å². The van der Waals surface area contributed by atoms with Crippen LogP contribution in [-0.4, -0.2) is 109 Å². The Morgan fingerprint density at radius 3 is 2.36 bits per heavy atom. The zero-order chi connectivity index (χ0) is 40.3. The standard InChI is InChI=1S/C42H66N6O6S/c1-10-28(4)36(47(7)40(51)35(27(2)3)46-41(52)42(6)20-14-15-21-44-42)33(53-8)26-34(49)48-23-16-19-32(48)37(54-9)29(5)38(50)45-31(39-43-22-24-55-39)25-30-17-12-11-13-18-30/h11-13,17-18,22,24,27-29,31-33,35-37,44H,10,14-16,19-21,23,25-26H2,1-9H3,(H,45,50)(H,46,52)/t28-,29+,31-,32-,33+,35-,36-,37+,42+/m0/s1. The van der Waals surface area contributed by atoms with Gasteiger partial charge in [0.15, 0.2) is 0 Å². The fourth-order valence-electron chi connectivity index (χ4n) is 8.35. The number of hydrogen-bond donors (Lipinski definition) is 3. The summed E-state index contributed by atoms with van der Waals surface area (Å²) < 4.78 is 12.1. The van der Waals surface area contributed by atoms with E-state index in [-0.39, 0.29) is 54.0 Å². The van der Waals surface area contributed by atoms with Crippen molar-refractivity contribution in [1.82, 2.24) is 30.7 Å². The quantitative estimate of drug-likeness (QED) is 0.178. The van der Waals surface area contributed by atoms with Gasteiger partial charge in [0.05, 0.1) is 48.2 Å². The molecule has 0 saturated carbocycles. The Hall–Kier alpha value is -3.39. The van der Waals surface area contributed by atoms with Gasteiger partial charge in [0.2, 0.25) is 23.6 Å². The second kappa shape index (κ2) is 20.7. The SMILES string of the molecule is CC[C@H](C)[C@@H]([C@@H](CC(=O)N1CCC[C@H]1[C@H](OC)[C@@H](C)C(=O)N[C@@H](Cc1ccccc1)c1nccs1)OC)N(C)C(=O)[C@@H](NC(=O)[C@@]1(C)CCCCN1)C(C)C. The Bertz CT molecular complexity index is 1520. The first-order valence-electron chi connectivity index (χ1n) is 20.2. The first kappa shape index (κ1) is 44.3. The van der Waals surface area contributed by atoms with Crippen LogP contribution in [0.3, 0.4) is 0 Å². The number of benzene rings is 1. The lowest BCUT2D eigenvalue weighted by atomic mass is 9.88. The third-order valence-corrected chi connectivity index (χ3v) is 12.8. The monoisotopic (exact) mass is 782 g/mol. The number of carbonyl (C=O) groups is 4. The van der Waals surface area contributed by atoms with Gasteiger partial charge < -0.3 is 35.2 Å². The van der Waals surface area contributed by atoms with E-state index in [0.29, 0.717) is 25.8 Å². The molecule has 4 amide bonds. The molecule has 1 aromatic carbocycles. The number of hydrogen-bond acceptors (Lipinski definition) is 9. The maximum Gasteiger partial charge on any atom is 0.245 e. The average Bonchev–Trinajstić information content (AvgIpc) is 3.90. The van der Waals surface area contributed by atoms with Crippen LogP contribution in [0, 0.1) is 17.8 Å². The Kier molecular flexibility index (Phi) is 16.7. The molecule has 0 unspecified atom stereocenters. The number of carbonyl (C=O) groups excluding carboxylic acids is 4. The molecular formula is C42H66N6O6S. The number of methoxy groups -OCH3 is 2. The van der Waals surface area contributed by atoms with E-state index in [0.717, 1.165) is 42.8 Å². The highest BCUT2D eigenvalue weighted by Crippen LogP contribution is 2.31. The van der Waals surface area contributed by atoms with Crippen LogP contribution >= 0.6 is 11.3 Å². The zero-order valence-corrected chi connectivity index (χ0v) is 35.3. The van der Waals surface area contributed by atoms with Crippen LogP contribution in [0.25, 0.3) is 0 Å². The molecule has 3 heterocycles. The number of likely N-dealkylation sites (N-methyl/N-ethyl adjacent to an activating group) is 1. The molecule has 2 aromatic rings. The molecule has 1 aromatic heterocycles. The second-order valence-corrected chi connectivity index (χ2v) is 17.0. The van der Waals surface area contributed by atoms with E-state index in [1.54, 1.807) is 32.4 Å². The average molecular weight is 783 g/mol. The first-order valence-corrected chi connectivity index (χ1v) is 21.1. The summed E-state index contributed by atoms with van der Waals surface area (Å²) in [6.07, 6.45) is 6.21. The van der Waals surface area contributed by atoms with Crippen molar-refractivity contribution < 1.29 is 28.7 Å². The molecular weight excluding hydrogens is 717 g/mol. The van der Waals surface area contributed by atoms with Gasteiger partial charge in [-0.2, -0.15) is 0 Å². The molecule has 2 fully saturated rings. The molecule has 13 heteroatoms. The lowest BCUT2D eigenvalue weighted by molar-refractivity contribution is -0.148. The summed E-state index contributed by atoms with van der Waals surface area (Å²) in [6.45, 7) is 13.1. The van der Waals surface area contributed by atoms with Gasteiger partial charge in [-0.3, -0.25) is 19.2 Å². The van der Waals surface area contributed by atoms with Crippen LogP contribution in [0.4, 0.5) is 0 Å². The summed E-state index contributed by atoms with van der Waals surface area (Å²) in [5, 5.41) is 12.4. The van der Waals surface area contributed by atoms with Crippen LogP contribution in [0.15, 0.2) is 41.9 Å². The summed E-state index contributed by atoms with van der Waals surface area (Å²) in [5.41, 5.74) is 0.370. The van der Waals surface area contributed by atoms with Crippen molar-refractivity contribution in [2.75, 3.05) is 34.4 Å². The topological polar surface area (TPSA) is 142 Å². The Morgan fingerprint density at radius 1 is 1.05 bits per heavy atom. The number of piperidine rings is 1. The molecule has 0 aliphatic carbocycles. The van der Waals surface area contributed by atoms with Crippen LogP contribution < -0.4 is 16.0 Å². The normalized spacial score (nSPS) is 22.6. The molecule has 3 N–H and O–H groups in total. The summed E-state index contributed by atoms with van der Waals surface area (Å²) in [6, 6.07) is 8.25. The Morgan fingerprint density at radius 2 is 1.78 bits per heavy atom. The van der Waals surface area contributed by atoms with E-state index in [1.165, 1.54) is 11.3 Å². The van der Waals surface area contributed by atoms with Gasteiger partial charge in [-0.1, -0.05) is 71.4 Å². The fraction of sp³-hybridized carbons (Fsp3) is 0.690. The highest BCUT2D eigenvalue weighted by molar-refractivity contribution is 7.09. The van der Waals surface area contributed by atoms with Gasteiger partial charge in [0, 0.05) is 39.4 Å². The van der Waals surface area contributed by atoms with E-state index in [9.17, 15) is 19.2 Å². The number of thiazole rings is 1. The molecule has 0 spiro atoms. The van der Waals surface area contributed by atoms with Crippen molar-refractivity contribution in [3.05, 3.63) is 52.5 Å². The molecule has 2 aliphatic heterocycles. The summed E-state index contributed by atoms with van der Waals surface area (Å²) in [5.74, 6) is -1.34. The molecule has 2 aliphatic rings. The predicted molar refractivity (Wildman–Crippen MR) is 216 cm³/mol. The number of amides is 4. The van der Waals surface area contributed by atoms with Crippen molar-refractivity contribution in [1.29, 1.82) is 0 Å². The third kappa shape index (κ3) is 11.1. The largest absolute Gasteiger partial charge is 0.379 e. The van der Waals surface area contributed by atoms with Gasteiger partial charge in [-0.25, -0.2) is 4.98 Å². The number of nitrogens with zero attached hydrogens (tertiary/aromatic N) is 3. The molecule has 55 heavy (non-hydrogen) atoms. The van der Waals surface area contributed by atoms with E-state index >= 15 is 0 Å². The van der Waals surface area contributed by atoms with Crippen molar-refractivity contribution in [3.8, 4) is 0 Å². The first-order chi connectivity index (χ1) is 26.3. The van der Waals surface area contributed by atoms with Crippen molar-refractivity contribution in [3.63, 3.8) is 0 Å². The minimum absolute atomic E-state index is 0.000717. The molecule has 12 nitrogen and oxygen atoms in total. The lowest BCUT2D eigenvalue weighted by Crippen LogP contribution is -2.63. The highest BCUT2D eigenvalue weighted by atomic mass is 32.1. The fourth-order valence-corrected chi connectivity index (χ4v) is 9.04. The Labute approximate surface area is 332 Å². The lowest BCUT2D eigenvalue weighted by Gasteiger charge is -2.41. The number of ether oxygens (including phenoxy) is 2. The summed E-state index contributed by atoms with van der Waals surface area (Å²) in [4.78, 5) is 64.1. The zero-order valence-electron chi connectivity index (χ0n) is 34.5. The van der Waals surface area contributed by atoms with E-state index in [2.05, 4.69) is 34.8 Å². The smallest absolute Gasteiger partial charge is 0.245 e. The summed E-state index contributed by atoms with van der Waals surface area (Å²) in [7, 11) is 4.95. The molecule has 0 bridgehead atoms. The molecule has 9 atom stereocenters. The van der Waals surface area contributed by atoms with Crippen LogP contribution in [0.1, 0.15) is 103 Å². The molecule has 4 rings (SSSR count). The van der Waals surface area contributed by atoms with Crippen molar-refractivity contribution >= 4 is 35.0 Å². The highest BCUT2D eigenvalue weighted by Gasteiger charge is 2.44. The number of aromatic nitrogens is 1. The van der Waals surface area contributed by atoms with Gasteiger partial charge in [-0.15, -0.1) is 11.3 Å². The van der Waals surface area contributed by atoms with E-state index in [4.69, 9.17) is 9.47 Å². The number of likely N-dealkylation sites (tertiary alicyclic amines) is 1. The van der Waals surface area contributed by atoms with Crippen LogP contribution in [0.5, 0.6) is 0 Å². The molecule has 306 valence electrons. The van der Waals surface area contributed by atoms with Gasteiger partial charge in [0.1, 0.15) is 11.0 Å². The van der Waals surface area contributed by atoms with Crippen molar-refractivity contribution in [2.45, 2.75) is 135 Å². The number of nitrogens with one attached hydrogen (secondary N) is 3. The maximum atomic E-state index is 14.3. The Balaban J connectivity index is 1.47. The van der Waals surface area contributed by atoms with Gasteiger partial charge in [-0.05, 0) is 69.4 Å². The minimum Gasteiger partial charge on any atom is -0.379 e. The predicted octanol–water partition coefficient (Wildman–Crippen LogP) is 5.14. The van der Waals surface area contributed by atoms with E-state index < -0.39 is 35.7 Å². The second-order valence-electron chi connectivity index (χ2n) is 16.1. The maximum absolute atomic E-state index is 14.3. The van der Waals surface area contributed by atoms with Crippen LogP contribution in [-0.2, 0) is 35.1 Å². The van der Waals surface area contributed by atoms with Gasteiger partial charge >= 0.3 is 0 Å². The summed E-state index contributed by atoms with van der Waals surface area (Å²) >= 11 is 1.51. The van der Waals surface area contributed by atoms with Crippen molar-refractivity contribution in [2.24, 2.45) is 17.8 Å².